The van der Waals surface area contributed by atoms with Gasteiger partial charge in [-0.1, -0.05) is 6.92 Å². The normalized spacial score (nSPS) is 14.2. The SMILES string of the molecule is CC(=O)C(C)CC(NC(=O)N[C@@H](CCC(=O)O)C(=O)O)C(=O)O. The van der Waals surface area contributed by atoms with Crippen molar-refractivity contribution in [2.45, 2.75) is 45.2 Å². The van der Waals surface area contributed by atoms with Crippen LogP contribution >= 0.6 is 0 Å². The molecule has 2 amide bonds. The third kappa shape index (κ3) is 8.39. The van der Waals surface area contributed by atoms with Crippen LogP contribution in [0.4, 0.5) is 4.79 Å². The van der Waals surface area contributed by atoms with Crippen molar-refractivity contribution in [3.05, 3.63) is 0 Å². The van der Waals surface area contributed by atoms with Crippen LogP contribution in [0.5, 0.6) is 0 Å². The molecule has 0 aliphatic heterocycles. The molecular weight excluding hydrogens is 312 g/mol. The molecule has 0 aromatic carbocycles. The maximum absolute atomic E-state index is 11.7. The van der Waals surface area contributed by atoms with Gasteiger partial charge >= 0.3 is 23.9 Å². The number of hydrogen-bond acceptors (Lipinski definition) is 5. The number of carboxylic acids is 3. The van der Waals surface area contributed by atoms with Gasteiger partial charge in [0.15, 0.2) is 0 Å². The van der Waals surface area contributed by atoms with Crippen LogP contribution in [-0.4, -0.2) is 57.1 Å². The first-order valence-electron chi connectivity index (χ1n) is 6.79. The average Bonchev–Trinajstić information content (AvgIpc) is 2.41. The van der Waals surface area contributed by atoms with Crippen molar-refractivity contribution < 1.29 is 39.3 Å². The fraction of sp³-hybridized carbons (Fsp3) is 0.615. The number of amides is 2. The lowest BCUT2D eigenvalue weighted by Crippen LogP contribution is -2.51. The molecule has 130 valence electrons. The predicted molar refractivity (Wildman–Crippen MR) is 75.8 cm³/mol. The van der Waals surface area contributed by atoms with E-state index in [1.54, 1.807) is 0 Å². The number of urea groups is 1. The summed E-state index contributed by atoms with van der Waals surface area (Å²) >= 11 is 0. The van der Waals surface area contributed by atoms with E-state index in [1.807, 2.05) is 5.32 Å². The Kier molecular flexibility index (Phi) is 8.30. The Morgan fingerprint density at radius 1 is 0.913 bits per heavy atom. The second kappa shape index (κ2) is 9.38. The summed E-state index contributed by atoms with van der Waals surface area (Å²) in [7, 11) is 0. The standard InChI is InChI=1S/C13H20N2O8/c1-6(7(2)16)5-9(12(21)22)15-13(23)14-8(11(19)20)3-4-10(17)18/h6,8-9H,3-5H2,1-2H3,(H,17,18)(H,19,20)(H,21,22)(H2,14,15,23)/t6?,8-,9?/m0/s1. The lowest BCUT2D eigenvalue weighted by atomic mass is 9.98. The predicted octanol–water partition coefficient (Wildman–Crippen LogP) is -0.328. The van der Waals surface area contributed by atoms with E-state index in [9.17, 15) is 24.0 Å². The zero-order chi connectivity index (χ0) is 18.2. The molecule has 0 saturated carbocycles. The van der Waals surface area contributed by atoms with E-state index < -0.39 is 48.4 Å². The number of carbonyl (C=O) groups excluding carboxylic acids is 2. The van der Waals surface area contributed by atoms with Crippen LogP contribution in [0.15, 0.2) is 0 Å². The van der Waals surface area contributed by atoms with E-state index in [-0.39, 0.29) is 18.6 Å². The Labute approximate surface area is 131 Å². The Morgan fingerprint density at radius 2 is 1.39 bits per heavy atom. The molecule has 0 rings (SSSR count). The molecule has 0 aromatic rings. The van der Waals surface area contributed by atoms with Gasteiger partial charge < -0.3 is 26.0 Å². The molecule has 23 heavy (non-hydrogen) atoms. The number of carboxylic acid groups (broad SMARTS) is 3. The van der Waals surface area contributed by atoms with Crippen LogP contribution in [0.3, 0.4) is 0 Å². The highest BCUT2D eigenvalue weighted by atomic mass is 16.4. The maximum Gasteiger partial charge on any atom is 0.326 e. The van der Waals surface area contributed by atoms with Gasteiger partial charge in [0.1, 0.15) is 17.9 Å². The first-order chi connectivity index (χ1) is 10.5. The van der Waals surface area contributed by atoms with Crippen molar-refractivity contribution >= 4 is 29.7 Å². The fourth-order valence-corrected chi connectivity index (χ4v) is 1.62. The van der Waals surface area contributed by atoms with E-state index in [4.69, 9.17) is 15.3 Å². The lowest BCUT2D eigenvalue weighted by Gasteiger charge is -2.19. The molecule has 10 nitrogen and oxygen atoms in total. The molecule has 0 aliphatic rings. The van der Waals surface area contributed by atoms with Crippen molar-refractivity contribution in [2.75, 3.05) is 0 Å². The minimum atomic E-state index is -1.47. The molecule has 0 aliphatic carbocycles. The first kappa shape index (κ1) is 20.3. The van der Waals surface area contributed by atoms with Crippen molar-refractivity contribution in [2.24, 2.45) is 5.92 Å². The smallest absolute Gasteiger partial charge is 0.326 e. The Hall–Kier alpha value is -2.65. The van der Waals surface area contributed by atoms with Gasteiger partial charge in [-0.2, -0.15) is 0 Å². The molecule has 0 fully saturated rings. The summed E-state index contributed by atoms with van der Waals surface area (Å²) in [5.74, 6) is -4.88. The minimum Gasteiger partial charge on any atom is -0.481 e. The van der Waals surface area contributed by atoms with Gasteiger partial charge in [0.05, 0.1) is 0 Å². The van der Waals surface area contributed by atoms with Crippen molar-refractivity contribution in [1.82, 2.24) is 10.6 Å². The van der Waals surface area contributed by atoms with E-state index in [0.717, 1.165) is 0 Å². The molecule has 0 spiro atoms. The van der Waals surface area contributed by atoms with Crippen LogP contribution in [0.2, 0.25) is 0 Å². The van der Waals surface area contributed by atoms with E-state index >= 15 is 0 Å². The van der Waals surface area contributed by atoms with Gasteiger partial charge in [0.25, 0.3) is 0 Å². The summed E-state index contributed by atoms with van der Waals surface area (Å²) in [5.41, 5.74) is 0. The molecule has 0 heterocycles. The minimum absolute atomic E-state index is 0.148. The highest BCUT2D eigenvalue weighted by molar-refractivity contribution is 5.87. The molecule has 3 atom stereocenters. The summed E-state index contributed by atoms with van der Waals surface area (Å²) in [6.07, 6.45) is -0.967. The molecule has 10 heteroatoms. The van der Waals surface area contributed by atoms with Gasteiger partial charge in [0, 0.05) is 12.3 Å². The molecule has 0 bridgehead atoms. The zero-order valence-corrected chi connectivity index (χ0v) is 12.7. The highest BCUT2D eigenvalue weighted by Crippen LogP contribution is 2.08. The van der Waals surface area contributed by atoms with Gasteiger partial charge in [-0.05, 0) is 19.8 Å². The molecule has 0 saturated heterocycles. The highest BCUT2D eigenvalue weighted by Gasteiger charge is 2.27. The van der Waals surface area contributed by atoms with Crippen LogP contribution < -0.4 is 10.6 Å². The summed E-state index contributed by atoms with van der Waals surface area (Å²) in [6, 6.07) is -3.90. The molecule has 5 N–H and O–H groups in total. The van der Waals surface area contributed by atoms with Crippen LogP contribution in [0.25, 0.3) is 0 Å². The Morgan fingerprint density at radius 3 is 1.78 bits per heavy atom. The molecule has 0 aromatic heterocycles. The van der Waals surface area contributed by atoms with Crippen molar-refractivity contribution in [1.29, 1.82) is 0 Å². The largest absolute Gasteiger partial charge is 0.481 e. The third-order valence-electron chi connectivity index (χ3n) is 3.14. The van der Waals surface area contributed by atoms with Gasteiger partial charge in [-0.25, -0.2) is 14.4 Å². The summed E-state index contributed by atoms with van der Waals surface area (Å²) in [6.45, 7) is 2.79. The molecule has 0 radical (unpaired) electrons. The Balaban J connectivity index is 4.71. The quantitative estimate of drug-likeness (QED) is 0.362. The average molecular weight is 332 g/mol. The number of aliphatic carboxylic acids is 3. The maximum atomic E-state index is 11.7. The third-order valence-corrected chi connectivity index (χ3v) is 3.14. The second-order valence-electron chi connectivity index (χ2n) is 5.08. The zero-order valence-electron chi connectivity index (χ0n) is 12.7. The van der Waals surface area contributed by atoms with Crippen molar-refractivity contribution in [3.8, 4) is 0 Å². The van der Waals surface area contributed by atoms with E-state index in [2.05, 4.69) is 5.32 Å². The number of rotatable bonds is 10. The van der Waals surface area contributed by atoms with Crippen LogP contribution in [0.1, 0.15) is 33.1 Å². The van der Waals surface area contributed by atoms with Crippen LogP contribution in [0, 0.1) is 5.92 Å². The number of Topliss-reactive ketones (excluding diaryl/α,β-unsaturated/α-hetero) is 1. The monoisotopic (exact) mass is 332 g/mol. The second-order valence-corrected chi connectivity index (χ2v) is 5.08. The number of carbonyl (C=O) groups is 5. The van der Waals surface area contributed by atoms with Gasteiger partial charge in [-0.3, -0.25) is 9.59 Å². The summed E-state index contributed by atoms with van der Waals surface area (Å²) < 4.78 is 0. The molecule has 2 unspecified atom stereocenters. The first-order valence-corrected chi connectivity index (χ1v) is 6.79. The number of hydrogen-bond donors (Lipinski definition) is 5. The van der Waals surface area contributed by atoms with Crippen molar-refractivity contribution in [3.63, 3.8) is 0 Å². The summed E-state index contributed by atoms with van der Waals surface area (Å²) in [5, 5.41) is 30.5. The topological polar surface area (TPSA) is 170 Å². The van der Waals surface area contributed by atoms with Crippen LogP contribution in [-0.2, 0) is 19.2 Å². The molecular formula is C13H20N2O8. The number of nitrogens with one attached hydrogen (secondary N) is 2. The number of ketones is 1. The van der Waals surface area contributed by atoms with E-state index in [0.29, 0.717) is 0 Å². The van der Waals surface area contributed by atoms with E-state index in [1.165, 1.54) is 13.8 Å². The summed E-state index contributed by atoms with van der Waals surface area (Å²) in [4.78, 5) is 55.3. The van der Waals surface area contributed by atoms with Gasteiger partial charge in [0.2, 0.25) is 0 Å². The fourth-order valence-electron chi connectivity index (χ4n) is 1.62. The Bertz CT molecular complexity index is 490. The van der Waals surface area contributed by atoms with Gasteiger partial charge in [-0.15, -0.1) is 0 Å². The lowest BCUT2D eigenvalue weighted by molar-refractivity contribution is -0.141.